The number of allylic oxidation sites excluding steroid dienone is 13. The molecule has 0 aliphatic carbocycles. The van der Waals surface area contributed by atoms with E-state index >= 15 is 0 Å². The minimum absolute atomic E-state index is 0.376. The summed E-state index contributed by atoms with van der Waals surface area (Å²) in [7, 11) is -0.101. The Balaban J connectivity index is 1.61. The molecule has 3 aromatic carbocycles. The number of sulfone groups is 1. The molecule has 3 aromatic rings. The summed E-state index contributed by atoms with van der Waals surface area (Å²) < 4.78 is 39.8. The lowest BCUT2D eigenvalue weighted by atomic mass is 9.95. The van der Waals surface area contributed by atoms with Crippen molar-refractivity contribution in [3.05, 3.63) is 147 Å². The number of rotatable bonds is 24. The summed E-state index contributed by atoms with van der Waals surface area (Å²) in [4.78, 5) is 0.376. The molecule has 0 aromatic heterocycles. The molecule has 0 bridgehead atoms. The average Bonchev–Trinajstić information content (AvgIpc) is 3.19. The highest BCUT2D eigenvalue weighted by Gasteiger charge is 2.26. The molecule has 320 valence electrons. The fourth-order valence-corrected chi connectivity index (χ4v) is 9.38. The van der Waals surface area contributed by atoms with Crippen LogP contribution in [0, 0.1) is 6.92 Å². The Bertz CT molecular complexity index is 2130. The highest BCUT2D eigenvalue weighted by molar-refractivity contribution is 7.92. The molecule has 3 rings (SSSR count). The molecular weight excluding hydrogens is 745 g/mol. The van der Waals surface area contributed by atoms with Gasteiger partial charge in [-0.2, -0.15) is 0 Å². The van der Waals surface area contributed by atoms with Crippen LogP contribution in [-0.2, 0) is 16.3 Å². The van der Waals surface area contributed by atoms with Gasteiger partial charge in [-0.1, -0.05) is 124 Å². The molecule has 5 heteroatoms. The van der Waals surface area contributed by atoms with E-state index in [0.29, 0.717) is 11.3 Å². The Hall–Kier alpha value is -4.35. The van der Waals surface area contributed by atoms with Gasteiger partial charge in [0.1, 0.15) is 11.5 Å². The lowest BCUT2D eigenvalue weighted by molar-refractivity contribution is 0.404. The van der Waals surface area contributed by atoms with Crippen LogP contribution in [-0.4, -0.2) is 27.9 Å². The quantitative estimate of drug-likeness (QED) is 0.0845. The van der Waals surface area contributed by atoms with E-state index in [0.717, 1.165) is 115 Å². The first-order valence-electron chi connectivity index (χ1n) is 21.7. The van der Waals surface area contributed by atoms with Gasteiger partial charge in [0.05, 0.1) is 24.4 Å². The third-order valence-electron chi connectivity index (χ3n) is 11.2. The fraction of sp³-hybridized carbons (Fsp3) is 0.444. The predicted octanol–water partition coefficient (Wildman–Crippen LogP) is 15.5. The molecule has 1 unspecified atom stereocenters. The summed E-state index contributed by atoms with van der Waals surface area (Å²) >= 11 is 0. The number of ether oxygens (including phenoxy) is 2. The Morgan fingerprint density at radius 3 is 1.46 bits per heavy atom. The first-order valence-corrected chi connectivity index (χ1v) is 23.2. The number of methoxy groups -OCH3 is 2. The van der Waals surface area contributed by atoms with Crippen molar-refractivity contribution in [2.24, 2.45) is 0 Å². The molecule has 0 aliphatic heterocycles. The number of fused-ring (bicyclic) bond motifs is 1. The Kier molecular flexibility index (Phi) is 21.0. The second-order valence-corrected chi connectivity index (χ2v) is 18.9. The maximum atomic E-state index is 14.0. The molecule has 0 saturated heterocycles. The van der Waals surface area contributed by atoms with Gasteiger partial charge >= 0.3 is 0 Å². The Morgan fingerprint density at radius 1 is 0.542 bits per heavy atom. The zero-order valence-corrected chi connectivity index (χ0v) is 39.2. The largest absolute Gasteiger partial charge is 0.496 e. The summed E-state index contributed by atoms with van der Waals surface area (Å²) in [5.74, 6) is 1.79. The predicted molar refractivity (Wildman–Crippen MR) is 256 cm³/mol. The SMILES string of the molecule is COc1c(C)c(C/C=C(\C)CC/C=C(\C)CC(/C=C(\C)CC/C=C(\C)CC/C=C(\C)CC/C=C(\C)CCC=C(C)C)S(=O)(=O)c2ccccc2)c(OC)c2ccccc12. The van der Waals surface area contributed by atoms with E-state index in [9.17, 15) is 8.42 Å². The zero-order chi connectivity index (χ0) is 43.4. The minimum Gasteiger partial charge on any atom is -0.496 e. The molecule has 0 radical (unpaired) electrons. The third-order valence-corrected chi connectivity index (χ3v) is 13.3. The molecule has 1 atom stereocenters. The molecule has 0 aliphatic rings. The van der Waals surface area contributed by atoms with E-state index in [-0.39, 0.29) is 0 Å². The summed E-state index contributed by atoms with van der Waals surface area (Å²) in [5, 5.41) is 1.49. The van der Waals surface area contributed by atoms with Crippen molar-refractivity contribution < 1.29 is 17.9 Å². The summed E-state index contributed by atoms with van der Waals surface area (Å²) in [6.07, 6.45) is 27.2. The summed E-state index contributed by atoms with van der Waals surface area (Å²) in [6, 6.07) is 17.1. The van der Waals surface area contributed by atoms with Gasteiger partial charge in [0.25, 0.3) is 0 Å². The van der Waals surface area contributed by atoms with E-state index in [4.69, 9.17) is 9.47 Å². The van der Waals surface area contributed by atoms with Crippen molar-refractivity contribution >= 4 is 20.6 Å². The standard InChI is InChI=1S/C54H74O4S/c1-40(2)22-17-23-41(3)24-18-25-42(4)26-19-27-43(5)28-20-30-45(7)38-49(59(55,56)48-32-13-12-14-33-48)39-46(8)31-21-29-44(6)36-37-50-47(9)53(57-10)51-34-15-16-35-52(51)54(50)58-11/h12-16,22,24,26,28,31-36,38,49H,17-21,23,25,27,29-30,37,39H2,1-11H3/b41-24+,42-26+,43-28+,44-36+,45-38+,46-31+. The van der Waals surface area contributed by atoms with Crippen LogP contribution < -0.4 is 9.47 Å². The maximum Gasteiger partial charge on any atom is 0.185 e. The first-order chi connectivity index (χ1) is 28.2. The highest BCUT2D eigenvalue weighted by Crippen LogP contribution is 2.41. The van der Waals surface area contributed by atoms with E-state index in [1.807, 2.05) is 24.3 Å². The van der Waals surface area contributed by atoms with Crippen LogP contribution in [0.15, 0.2) is 141 Å². The number of hydrogen-bond donors (Lipinski definition) is 0. The lowest BCUT2D eigenvalue weighted by Crippen LogP contribution is -2.20. The van der Waals surface area contributed by atoms with Crippen molar-refractivity contribution in [2.45, 2.75) is 150 Å². The van der Waals surface area contributed by atoms with Gasteiger partial charge < -0.3 is 9.47 Å². The smallest absolute Gasteiger partial charge is 0.185 e. The number of hydrogen-bond acceptors (Lipinski definition) is 4. The average molecular weight is 819 g/mol. The molecule has 59 heavy (non-hydrogen) atoms. The first kappa shape index (κ1) is 49.0. The minimum atomic E-state index is -3.56. The van der Waals surface area contributed by atoms with E-state index in [1.54, 1.807) is 38.5 Å². The molecule has 0 heterocycles. The second-order valence-electron chi connectivity index (χ2n) is 16.8. The summed E-state index contributed by atoms with van der Waals surface area (Å²) in [5.41, 5.74) is 11.4. The maximum absolute atomic E-state index is 14.0. The van der Waals surface area contributed by atoms with Crippen LogP contribution in [0.5, 0.6) is 11.5 Å². The Labute approximate surface area is 359 Å². The molecule has 0 fully saturated rings. The van der Waals surface area contributed by atoms with Crippen molar-refractivity contribution in [2.75, 3.05) is 14.2 Å². The van der Waals surface area contributed by atoms with E-state index in [1.165, 1.54) is 27.9 Å². The second kappa shape index (κ2) is 25.3. The molecule has 0 N–H and O–H groups in total. The highest BCUT2D eigenvalue weighted by atomic mass is 32.2. The van der Waals surface area contributed by atoms with Gasteiger partial charge in [-0.15, -0.1) is 0 Å². The molecule has 0 spiro atoms. The van der Waals surface area contributed by atoms with Crippen molar-refractivity contribution in [3.63, 3.8) is 0 Å². The summed E-state index contributed by atoms with van der Waals surface area (Å²) in [6.45, 7) is 19.5. The fourth-order valence-electron chi connectivity index (χ4n) is 7.60. The molecule has 0 amide bonds. The van der Waals surface area contributed by atoms with Crippen LogP contribution in [0.25, 0.3) is 10.8 Å². The van der Waals surface area contributed by atoms with Gasteiger partial charge in [0, 0.05) is 16.3 Å². The van der Waals surface area contributed by atoms with Crippen LogP contribution in [0.3, 0.4) is 0 Å². The Morgan fingerprint density at radius 2 is 0.966 bits per heavy atom. The number of benzene rings is 3. The van der Waals surface area contributed by atoms with Gasteiger partial charge in [-0.25, -0.2) is 8.42 Å². The monoisotopic (exact) mass is 819 g/mol. The van der Waals surface area contributed by atoms with Gasteiger partial charge in [0.2, 0.25) is 0 Å². The van der Waals surface area contributed by atoms with Crippen LogP contribution in [0.2, 0.25) is 0 Å². The molecule has 4 nitrogen and oxygen atoms in total. The molecule has 0 saturated carbocycles. The van der Waals surface area contributed by atoms with Gasteiger partial charge in [-0.05, 0) is 157 Å². The zero-order valence-electron chi connectivity index (χ0n) is 38.3. The third kappa shape index (κ3) is 16.3. The van der Waals surface area contributed by atoms with Crippen LogP contribution in [0.1, 0.15) is 137 Å². The molecular formula is C54H74O4S. The van der Waals surface area contributed by atoms with Crippen molar-refractivity contribution in [3.8, 4) is 11.5 Å². The van der Waals surface area contributed by atoms with Gasteiger partial charge in [-0.3, -0.25) is 0 Å². The van der Waals surface area contributed by atoms with Crippen molar-refractivity contribution in [1.29, 1.82) is 0 Å². The lowest BCUT2D eigenvalue weighted by Gasteiger charge is -2.18. The van der Waals surface area contributed by atoms with Crippen molar-refractivity contribution in [1.82, 2.24) is 0 Å². The van der Waals surface area contributed by atoms with Crippen LogP contribution >= 0.6 is 0 Å². The topological polar surface area (TPSA) is 52.6 Å². The normalized spacial score (nSPS) is 14.2. The van der Waals surface area contributed by atoms with Crippen LogP contribution in [0.4, 0.5) is 0 Å². The van der Waals surface area contributed by atoms with E-state index in [2.05, 4.69) is 111 Å². The van der Waals surface area contributed by atoms with E-state index < -0.39 is 15.1 Å². The van der Waals surface area contributed by atoms with Gasteiger partial charge in [0.15, 0.2) is 9.84 Å².